The average molecular weight is 175 g/mol. The number of likely N-dealkylation sites (N-methyl/N-ethyl adjacent to an activating group) is 1. The van der Waals surface area contributed by atoms with Crippen LogP contribution in [0.4, 0.5) is 0 Å². The van der Waals surface area contributed by atoms with Crippen molar-refractivity contribution in [1.29, 1.82) is 0 Å². The summed E-state index contributed by atoms with van der Waals surface area (Å²) in [5.41, 5.74) is 4.96. The third-order valence-electron chi connectivity index (χ3n) is 0.910. The summed E-state index contributed by atoms with van der Waals surface area (Å²) in [5, 5.41) is 4.66. The Morgan fingerprint density at radius 2 is 1.75 bits per heavy atom. The van der Waals surface area contributed by atoms with Crippen LogP contribution < -0.4 is 16.4 Å². The first-order valence-corrected chi connectivity index (χ1v) is 3.88. The molecule has 0 unspecified atom stereocenters. The van der Waals surface area contributed by atoms with E-state index in [0.29, 0.717) is 0 Å². The minimum atomic E-state index is -0.330. The lowest BCUT2D eigenvalue weighted by Crippen LogP contribution is -2.38. The topological polar surface area (TPSA) is 84.2 Å². The summed E-state index contributed by atoms with van der Waals surface area (Å²) in [4.78, 5) is 20.9. The molecule has 5 nitrogen and oxygen atoms in total. The lowest BCUT2D eigenvalue weighted by atomic mass is 10.5. The van der Waals surface area contributed by atoms with Crippen LogP contribution in [0.5, 0.6) is 0 Å². The van der Waals surface area contributed by atoms with E-state index in [2.05, 4.69) is 10.6 Å². The van der Waals surface area contributed by atoms with Gasteiger partial charge in [0.15, 0.2) is 0 Å². The van der Waals surface area contributed by atoms with Crippen molar-refractivity contribution in [1.82, 2.24) is 10.6 Å². The fraction of sp³-hybridized carbons (Fsp3) is 0.714. The van der Waals surface area contributed by atoms with Gasteiger partial charge in [-0.3, -0.25) is 9.59 Å². The Morgan fingerprint density at radius 3 is 2.08 bits per heavy atom. The molecule has 5 heteroatoms. The van der Waals surface area contributed by atoms with E-state index in [0.717, 1.165) is 0 Å². The summed E-state index contributed by atoms with van der Waals surface area (Å²) in [7, 11) is 1.50. The fourth-order valence-electron chi connectivity index (χ4n) is 0.339. The number of rotatable bonds is 3. The Bertz CT molecular complexity index is 121. The first kappa shape index (κ1) is 13.5. The SMILES string of the molecule is CC.CNC(=O)CNC(=O)CN. The zero-order valence-corrected chi connectivity index (χ0v) is 7.81. The Balaban J connectivity index is 0. The molecule has 2 amide bonds. The largest absolute Gasteiger partial charge is 0.358 e. The van der Waals surface area contributed by atoms with Crippen LogP contribution >= 0.6 is 0 Å². The normalized spacial score (nSPS) is 7.67. The summed E-state index contributed by atoms with van der Waals surface area (Å²) < 4.78 is 0. The van der Waals surface area contributed by atoms with E-state index in [1.165, 1.54) is 7.05 Å². The minimum absolute atomic E-state index is 0.00741. The number of hydrogen-bond acceptors (Lipinski definition) is 3. The van der Waals surface area contributed by atoms with Crippen molar-refractivity contribution < 1.29 is 9.59 Å². The van der Waals surface area contributed by atoms with E-state index in [9.17, 15) is 9.59 Å². The number of nitrogens with two attached hydrogens (primary N) is 1. The summed E-state index contributed by atoms with van der Waals surface area (Å²) in [6, 6.07) is 0. The molecule has 0 fully saturated rings. The molecule has 0 aliphatic heterocycles. The number of amides is 2. The predicted octanol–water partition coefficient (Wildman–Crippen LogP) is -1.17. The van der Waals surface area contributed by atoms with Crippen LogP contribution in [-0.4, -0.2) is 32.0 Å². The van der Waals surface area contributed by atoms with Gasteiger partial charge in [0.25, 0.3) is 0 Å². The van der Waals surface area contributed by atoms with E-state index >= 15 is 0 Å². The van der Waals surface area contributed by atoms with E-state index in [-0.39, 0.29) is 24.9 Å². The number of carbonyl (C=O) groups is 2. The molecule has 0 radical (unpaired) electrons. The second-order valence-electron chi connectivity index (χ2n) is 1.65. The standard InChI is InChI=1S/C5H11N3O2.C2H6/c1-7-5(10)3-8-4(9)2-6;1-2/h2-3,6H2,1H3,(H,7,10)(H,8,9);1-2H3. The highest BCUT2D eigenvalue weighted by atomic mass is 16.2. The monoisotopic (exact) mass is 175 g/mol. The third-order valence-corrected chi connectivity index (χ3v) is 0.910. The summed E-state index contributed by atoms with van der Waals surface area (Å²) in [6.07, 6.45) is 0. The molecule has 0 rings (SSSR count). The molecule has 0 aromatic carbocycles. The molecule has 4 N–H and O–H groups in total. The number of nitrogens with one attached hydrogen (secondary N) is 2. The highest BCUT2D eigenvalue weighted by Crippen LogP contribution is 1.61. The predicted molar refractivity (Wildman–Crippen MR) is 47.5 cm³/mol. The van der Waals surface area contributed by atoms with Gasteiger partial charge in [-0.25, -0.2) is 0 Å². The van der Waals surface area contributed by atoms with Crippen molar-refractivity contribution in [2.24, 2.45) is 5.73 Å². The van der Waals surface area contributed by atoms with E-state index in [1.807, 2.05) is 13.8 Å². The summed E-state index contributed by atoms with van der Waals surface area (Å²) >= 11 is 0. The van der Waals surface area contributed by atoms with Gasteiger partial charge < -0.3 is 16.4 Å². The molecule has 0 atom stereocenters. The first-order valence-electron chi connectivity index (χ1n) is 3.88. The summed E-state index contributed by atoms with van der Waals surface area (Å²) in [5.74, 6) is -0.564. The van der Waals surface area contributed by atoms with Crippen molar-refractivity contribution in [2.45, 2.75) is 13.8 Å². The molecule has 12 heavy (non-hydrogen) atoms. The van der Waals surface area contributed by atoms with Crippen molar-refractivity contribution in [3.05, 3.63) is 0 Å². The van der Waals surface area contributed by atoms with E-state index in [1.54, 1.807) is 0 Å². The zero-order valence-electron chi connectivity index (χ0n) is 7.81. The maximum atomic E-state index is 10.5. The molecule has 0 bridgehead atoms. The first-order chi connectivity index (χ1) is 5.70. The highest BCUT2D eigenvalue weighted by molar-refractivity contribution is 5.85. The lowest BCUT2D eigenvalue weighted by Gasteiger charge is -2.00. The Kier molecular flexibility index (Phi) is 11.1. The Hall–Kier alpha value is -1.10. The van der Waals surface area contributed by atoms with Crippen LogP contribution in [0.15, 0.2) is 0 Å². The van der Waals surface area contributed by atoms with Gasteiger partial charge in [-0.15, -0.1) is 0 Å². The third kappa shape index (κ3) is 8.90. The molecular formula is C7H17N3O2. The van der Waals surface area contributed by atoms with Crippen LogP contribution in [0.1, 0.15) is 13.8 Å². The van der Waals surface area contributed by atoms with Gasteiger partial charge >= 0.3 is 0 Å². The highest BCUT2D eigenvalue weighted by Gasteiger charge is 1.99. The van der Waals surface area contributed by atoms with Crippen LogP contribution in [0, 0.1) is 0 Å². The maximum Gasteiger partial charge on any atom is 0.239 e. The van der Waals surface area contributed by atoms with Crippen molar-refractivity contribution in [3.63, 3.8) is 0 Å². The maximum absolute atomic E-state index is 10.5. The average Bonchev–Trinajstić information content (AvgIpc) is 2.16. The lowest BCUT2D eigenvalue weighted by molar-refractivity contribution is -0.125. The van der Waals surface area contributed by atoms with Crippen LogP contribution in [-0.2, 0) is 9.59 Å². The zero-order chi connectivity index (χ0) is 9.98. The number of carbonyl (C=O) groups excluding carboxylic acids is 2. The quantitative estimate of drug-likeness (QED) is 0.505. The molecule has 0 aliphatic rings. The van der Waals surface area contributed by atoms with Gasteiger partial charge in [-0.2, -0.15) is 0 Å². The smallest absolute Gasteiger partial charge is 0.239 e. The molecule has 0 saturated carbocycles. The molecule has 0 aliphatic carbocycles. The fourth-order valence-corrected chi connectivity index (χ4v) is 0.339. The number of hydrogen-bond donors (Lipinski definition) is 3. The molecule has 72 valence electrons. The molecular weight excluding hydrogens is 158 g/mol. The van der Waals surface area contributed by atoms with E-state index in [4.69, 9.17) is 5.73 Å². The van der Waals surface area contributed by atoms with Gasteiger partial charge in [0.05, 0.1) is 13.1 Å². The second kappa shape index (κ2) is 9.90. The molecule has 0 aromatic heterocycles. The van der Waals surface area contributed by atoms with Gasteiger partial charge in [0, 0.05) is 7.05 Å². The van der Waals surface area contributed by atoms with Gasteiger partial charge in [-0.05, 0) is 0 Å². The van der Waals surface area contributed by atoms with Crippen LogP contribution in [0.3, 0.4) is 0 Å². The molecule has 0 heterocycles. The Labute approximate surface area is 72.7 Å². The Morgan fingerprint density at radius 1 is 1.25 bits per heavy atom. The summed E-state index contributed by atoms with van der Waals surface area (Å²) in [6.45, 7) is 3.91. The van der Waals surface area contributed by atoms with E-state index < -0.39 is 0 Å². The van der Waals surface area contributed by atoms with Crippen molar-refractivity contribution in [2.75, 3.05) is 20.1 Å². The van der Waals surface area contributed by atoms with Crippen LogP contribution in [0.2, 0.25) is 0 Å². The molecule has 0 saturated heterocycles. The van der Waals surface area contributed by atoms with Crippen LogP contribution in [0.25, 0.3) is 0 Å². The molecule has 0 aromatic rings. The van der Waals surface area contributed by atoms with Crippen molar-refractivity contribution >= 4 is 11.8 Å². The van der Waals surface area contributed by atoms with Crippen molar-refractivity contribution in [3.8, 4) is 0 Å². The minimum Gasteiger partial charge on any atom is -0.358 e. The van der Waals surface area contributed by atoms with Gasteiger partial charge in [-0.1, -0.05) is 13.8 Å². The molecule has 0 spiro atoms. The van der Waals surface area contributed by atoms with Gasteiger partial charge in [0.2, 0.25) is 11.8 Å². The second-order valence-corrected chi connectivity index (χ2v) is 1.65. The van der Waals surface area contributed by atoms with Gasteiger partial charge in [0.1, 0.15) is 0 Å².